The van der Waals surface area contributed by atoms with Gasteiger partial charge in [-0.3, -0.25) is 82.1 Å². The number of phenols is 2. The number of guanidine groups is 1. The standard InChI is InChI=1S/C94H121N19O19S/c1-9-10-32-75-92(131)110(5)53-80(118)102-71(49-82(120)121)87(126)104-67(31-22-41-98-94(96)97)90(129)112(7)76(46-58-25-16-12-17-26-58)88(127)107-72(45-61-35-39-64(115)40-36-61)89(128)109(4)52-79(117)101-70(48-62-50-99-66-30-21-20-29-65(62)66)86(125)106-69(43-60-33-37-63(114)38-34-60)85(124)105-68(42-56(2)3)84(123)108-74(83(122)100-51-78(95)116)54-133-55-81(119)103-73(44-57-23-14-11-15-24-57)91(130)113(8)77(93(132)111(75)6)47-59-27-18-13-19-28-59/h11-21,23-30,33-40,50,56,67-77,99,114-115H,9-10,22,31-32,41-49,51-55H2,1-8H3,(H2,95,116)(H,100,122)(H,101,117)(H,102,118)(H,103,119)(H,104,126)(H,105,124)(H,106,125)(H,107,127)(H,108,123)(H,120,121)(H4,96,97,98)/t67-,68-,69-,70-,71-,72-,73-,74-,75-,76-,77-/m0/s1. The number of hydrogen-bond acceptors (Lipinski definition) is 20. The van der Waals surface area contributed by atoms with Crippen LogP contribution in [0.25, 0.3) is 10.9 Å². The lowest BCUT2D eigenvalue weighted by Crippen LogP contribution is -2.60. The molecule has 38 nitrogen and oxygen atoms in total. The van der Waals surface area contributed by atoms with Crippen molar-refractivity contribution in [2.75, 3.05) is 72.9 Å². The number of rotatable bonds is 26. The molecule has 0 aliphatic carbocycles. The number of amides is 15. The molecule has 8 rings (SSSR count). The Morgan fingerprint density at radius 2 is 0.902 bits per heavy atom. The monoisotopic (exact) mass is 1850 g/mol. The van der Waals surface area contributed by atoms with Crippen LogP contribution in [0.2, 0.25) is 0 Å². The summed E-state index contributed by atoms with van der Waals surface area (Å²) in [4.78, 5) is 244. The van der Waals surface area contributed by atoms with E-state index in [2.05, 4.69) is 58.2 Å². The maximum atomic E-state index is 15.6. The summed E-state index contributed by atoms with van der Waals surface area (Å²) < 4.78 is 0. The number of aromatic amines is 1. The predicted molar refractivity (Wildman–Crippen MR) is 496 cm³/mol. The summed E-state index contributed by atoms with van der Waals surface area (Å²) in [5.74, 6) is -17.5. The third-order valence-electron chi connectivity index (χ3n) is 22.4. The number of nitrogens with one attached hydrogen (secondary N) is 12. The van der Waals surface area contributed by atoms with E-state index in [-0.39, 0.29) is 88.2 Å². The van der Waals surface area contributed by atoms with Crippen molar-refractivity contribution in [1.82, 2.24) is 82.7 Å². The number of carboxylic acids is 1. The molecule has 1 aliphatic rings. The van der Waals surface area contributed by atoms with Gasteiger partial charge >= 0.3 is 5.97 Å². The molecule has 7 aromatic rings. The molecular formula is C94H121N19O19S. The van der Waals surface area contributed by atoms with Crippen LogP contribution in [-0.2, 0) is 115 Å². The minimum Gasteiger partial charge on any atom is -0.508 e. The number of fused-ring (bicyclic) bond motifs is 1. The molecule has 2 heterocycles. The second-order valence-electron chi connectivity index (χ2n) is 33.4. The Balaban J connectivity index is 1.23. The summed E-state index contributed by atoms with van der Waals surface area (Å²) in [6.45, 7) is 2.91. The van der Waals surface area contributed by atoms with Crippen molar-refractivity contribution in [2.24, 2.45) is 17.4 Å². The topological polar surface area (TPSA) is 562 Å². The zero-order valence-corrected chi connectivity index (χ0v) is 76.5. The number of thioether (sulfide) groups is 1. The first kappa shape index (κ1) is 104. The summed E-state index contributed by atoms with van der Waals surface area (Å²) in [7, 11) is 6.45. The Labute approximate surface area is 775 Å². The van der Waals surface area contributed by atoms with Crippen LogP contribution in [0.1, 0.15) is 99.1 Å². The van der Waals surface area contributed by atoms with Gasteiger partial charge in [0, 0.05) is 103 Å². The van der Waals surface area contributed by atoms with Crippen LogP contribution in [0.15, 0.2) is 170 Å². The van der Waals surface area contributed by atoms with Gasteiger partial charge in [-0.1, -0.05) is 167 Å². The van der Waals surface area contributed by atoms with E-state index >= 15 is 38.4 Å². The number of H-pyrrole nitrogens is 1. The van der Waals surface area contributed by atoms with Crippen molar-refractivity contribution < 1.29 is 92.0 Å². The second kappa shape index (κ2) is 51.3. The maximum absolute atomic E-state index is 15.6. The molecule has 0 spiro atoms. The van der Waals surface area contributed by atoms with Crippen molar-refractivity contribution >= 4 is 123 Å². The highest BCUT2D eigenvalue weighted by Gasteiger charge is 2.42. The number of unbranched alkanes of at least 4 members (excludes halogenated alkanes) is 1. The number of hydrogen-bond donors (Lipinski definition) is 17. The lowest BCUT2D eigenvalue weighted by atomic mass is 9.99. The van der Waals surface area contributed by atoms with Crippen LogP contribution >= 0.6 is 11.8 Å². The molecule has 1 saturated heterocycles. The molecule has 1 aliphatic heterocycles. The first-order valence-electron chi connectivity index (χ1n) is 43.7. The molecular weight excluding hydrogens is 1730 g/mol. The van der Waals surface area contributed by atoms with Crippen molar-refractivity contribution in [3.8, 4) is 11.5 Å². The second-order valence-corrected chi connectivity index (χ2v) is 34.4. The average Bonchev–Trinajstić information content (AvgIpc) is 1.72. The van der Waals surface area contributed by atoms with Gasteiger partial charge in [-0.25, -0.2) is 0 Å². The fourth-order valence-electron chi connectivity index (χ4n) is 15.3. The summed E-state index contributed by atoms with van der Waals surface area (Å²) >= 11 is 0.822. The highest BCUT2D eigenvalue weighted by molar-refractivity contribution is 8.00. The fourth-order valence-corrected chi connectivity index (χ4v) is 16.1. The Morgan fingerprint density at radius 3 is 1.45 bits per heavy atom. The minimum atomic E-state index is -1.97. The molecule has 39 heteroatoms. The Kier molecular flexibility index (Phi) is 40.1. The van der Waals surface area contributed by atoms with E-state index in [0.29, 0.717) is 57.1 Å². The predicted octanol–water partition coefficient (Wildman–Crippen LogP) is 0.934. The van der Waals surface area contributed by atoms with Crippen LogP contribution in [0.5, 0.6) is 11.5 Å². The van der Waals surface area contributed by atoms with Gasteiger partial charge in [0.25, 0.3) is 0 Å². The molecule has 15 amide bonds. The molecule has 11 atom stereocenters. The van der Waals surface area contributed by atoms with E-state index in [1.165, 1.54) is 83.8 Å². The van der Waals surface area contributed by atoms with E-state index in [1.54, 1.807) is 135 Å². The average molecular weight is 1850 g/mol. The molecule has 133 heavy (non-hydrogen) atoms. The van der Waals surface area contributed by atoms with E-state index < -0.39 is 205 Å². The van der Waals surface area contributed by atoms with Gasteiger partial charge in [-0.2, -0.15) is 0 Å². The normalized spacial score (nSPS) is 21.5. The molecule has 1 aromatic heterocycles. The number of benzene rings is 6. The highest BCUT2D eigenvalue weighted by Crippen LogP contribution is 2.25. The van der Waals surface area contributed by atoms with Crippen LogP contribution in [0, 0.1) is 11.3 Å². The quantitative estimate of drug-likeness (QED) is 0.0204. The number of para-hydroxylation sites is 1. The van der Waals surface area contributed by atoms with E-state index in [0.717, 1.165) is 36.3 Å². The van der Waals surface area contributed by atoms with Gasteiger partial charge < -0.3 is 109 Å². The van der Waals surface area contributed by atoms with Gasteiger partial charge in [-0.05, 0) is 95.3 Å². The molecule has 0 radical (unpaired) electrons. The SMILES string of the molecule is CCCC[C@H]1C(=O)N(C)CC(=O)N[C@@H](CC(=O)O)C(=O)N[C@@H](CCCNC(=N)N)C(=O)N(C)[C@@H](Cc2ccccc2)C(=O)N[C@@H](Cc2ccc(O)cc2)C(=O)N(C)CC(=O)N[C@@H](Cc2c[nH]c3ccccc23)C(=O)N[C@@H](Cc2ccc(O)cc2)C(=O)N[C@@H](CC(C)C)C(=O)N[C@H](C(=O)NCC(N)=O)CSCC(=O)N[C@@H](Cc2ccccc2)C(=O)N(C)[C@@H](Cc2ccccc2)C(=O)N1C. The van der Waals surface area contributed by atoms with Gasteiger partial charge in [0.2, 0.25) is 88.6 Å². The van der Waals surface area contributed by atoms with Gasteiger partial charge in [0.1, 0.15) is 78.0 Å². The Morgan fingerprint density at radius 1 is 0.459 bits per heavy atom. The summed E-state index contributed by atoms with van der Waals surface area (Å²) in [6, 6.07) is 26.6. The number of carbonyl (C=O) groups excluding carboxylic acids is 15. The zero-order chi connectivity index (χ0) is 97.1. The van der Waals surface area contributed by atoms with E-state index in [1.807, 2.05) is 6.92 Å². The van der Waals surface area contributed by atoms with Crippen LogP contribution in [0.4, 0.5) is 0 Å². The lowest BCUT2D eigenvalue weighted by Gasteiger charge is -2.37. The Hall–Kier alpha value is -14.4. The number of likely N-dealkylation sites (N-methyl/N-ethyl adjacent to an activating group) is 5. The highest BCUT2D eigenvalue weighted by atomic mass is 32.2. The van der Waals surface area contributed by atoms with Gasteiger partial charge in [0.05, 0.1) is 31.8 Å². The van der Waals surface area contributed by atoms with Crippen LogP contribution in [0.3, 0.4) is 0 Å². The smallest absolute Gasteiger partial charge is 0.305 e. The molecule has 0 unspecified atom stereocenters. The minimum absolute atomic E-state index is 0.00881. The number of phenolic OH excluding ortho intramolecular Hbond substituents is 2. The number of carboxylic acid groups (broad SMARTS) is 1. The molecule has 19 N–H and O–H groups in total. The zero-order valence-electron chi connectivity index (χ0n) is 75.7. The molecule has 0 bridgehead atoms. The summed E-state index contributed by atoms with van der Waals surface area (Å²) in [6.07, 6.45) is -0.466. The molecule has 0 saturated carbocycles. The molecule has 712 valence electrons. The summed E-state index contributed by atoms with van der Waals surface area (Å²) in [5.41, 5.74) is 14.6. The number of aromatic nitrogens is 1. The molecule has 1 fully saturated rings. The Bertz CT molecular complexity index is 5210. The number of nitrogens with zero attached hydrogens (tertiary/aromatic N) is 5. The van der Waals surface area contributed by atoms with Crippen molar-refractivity contribution in [3.05, 3.63) is 203 Å². The number of aliphatic carboxylic acids is 1. The maximum Gasteiger partial charge on any atom is 0.305 e. The van der Waals surface area contributed by atoms with E-state index in [9.17, 15) is 53.7 Å². The first-order chi connectivity index (χ1) is 63.4. The van der Waals surface area contributed by atoms with Gasteiger partial charge in [0.15, 0.2) is 5.96 Å². The fraction of sp³-hybridized carbons (Fsp3) is 0.415. The number of nitrogens with two attached hydrogens (primary N) is 2. The van der Waals surface area contributed by atoms with Crippen LogP contribution in [-0.4, -0.2) is 285 Å². The number of primary amides is 1. The third-order valence-corrected chi connectivity index (χ3v) is 23.5. The van der Waals surface area contributed by atoms with Crippen molar-refractivity contribution in [3.63, 3.8) is 0 Å². The number of aromatic hydroxyl groups is 2. The van der Waals surface area contributed by atoms with Gasteiger partial charge in [-0.15, -0.1) is 11.8 Å². The van der Waals surface area contributed by atoms with Crippen molar-refractivity contribution in [2.45, 2.75) is 171 Å². The summed E-state index contributed by atoms with van der Waals surface area (Å²) in [5, 5.41) is 66.1. The largest absolute Gasteiger partial charge is 0.508 e. The molecule has 6 aromatic carbocycles. The third kappa shape index (κ3) is 32.6. The number of carbonyl (C=O) groups is 16. The van der Waals surface area contributed by atoms with Crippen LogP contribution < -0.4 is 64.6 Å². The first-order valence-corrected chi connectivity index (χ1v) is 44.9. The lowest BCUT2D eigenvalue weighted by molar-refractivity contribution is -0.151. The van der Waals surface area contributed by atoms with E-state index in [4.69, 9.17) is 16.9 Å². The van der Waals surface area contributed by atoms with Crippen molar-refractivity contribution in [1.29, 1.82) is 5.41 Å².